The first-order chi connectivity index (χ1) is 9.82. The molecular weight excluding hydrogens is 264 g/mol. The second kappa shape index (κ2) is 8.14. The Morgan fingerprint density at radius 3 is 2.52 bits per heavy atom. The van der Waals surface area contributed by atoms with Crippen LogP contribution in [0.1, 0.15) is 60.8 Å². The summed E-state index contributed by atoms with van der Waals surface area (Å²) in [7, 11) is 0. The van der Waals surface area contributed by atoms with Crippen molar-refractivity contribution in [2.45, 2.75) is 78.4 Å². The van der Waals surface area contributed by atoms with Crippen LogP contribution in [0.5, 0.6) is 0 Å². The molecule has 0 aromatic carbocycles. The third-order valence-corrected chi connectivity index (χ3v) is 4.55. The fourth-order valence-electron chi connectivity index (χ4n) is 3.44. The van der Waals surface area contributed by atoms with Crippen molar-refractivity contribution < 1.29 is 9.53 Å². The summed E-state index contributed by atoms with van der Waals surface area (Å²) in [6.07, 6.45) is 3.33. The predicted octanol–water partition coefficient (Wildman–Crippen LogP) is 2.82. The van der Waals surface area contributed by atoms with Crippen LogP contribution in [0, 0.1) is 5.92 Å². The normalized spacial score (nSPS) is 24.0. The summed E-state index contributed by atoms with van der Waals surface area (Å²) in [5, 5.41) is 3.42. The van der Waals surface area contributed by atoms with Crippen molar-refractivity contribution >= 4 is 5.97 Å². The van der Waals surface area contributed by atoms with E-state index in [1.54, 1.807) is 0 Å². The van der Waals surface area contributed by atoms with Crippen molar-refractivity contribution in [2.24, 2.45) is 5.92 Å². The van der Waals surface area contributed by atoms with Crippen LogP contribution in [0.25, 0.3) is 0 Å². The largest absolute Gasteiger partial charge is 0.465 e. The average molecular weight is 298 g/mol. The molecule has 4 heteroatoms. The van der Waals surface area contributed by atoms with Gasteiger partial charge in [-0.3, -0.25) is 10.1 Å². The summed E-state index contributed by atoms with van der Waals surface area (Å²) in [6, 6.07) is 0.649. The van der Waals surface area contributed by atoms with Crippen molar-refractivity contribution in [2.75, 3.05) is 19.7 Å². The molecule has 0 aliphatic carbocycles. The Kier molecular flexibility index (Phi) is 7.14. The minimum atomic E-state index is -0.603. The molecule has 0 aromatic rings. The van der Waals surface area contributed by atoms with Gasteiger partial charge >= 0.3 is 5.97 Å². The van der Waals surface area contributed by atoms with E-state index in [1.807, 2.05) is 13.8 Å². The molecule has 3 atom stereocenters. The summed E-state index contributed by atoms with van der Waals surface area (Å²) in [5.74, 6) is 0.691. The molecule has 0 radical (unpaired) electrons. The molecule has 1 saturated heterocycles. The van der Waals surface area contributed by atoms with E-state index >= 15 is 0 Å². The summed E-state index contributed by atoms with van der Waals surface area (Å²) in [5.41, 5.74) is -0.603. The Bertz CT molecular complexity index is 333. The highest BCUT2D eigenvalue weighted by molar-refractivity contribution is 5.80. The van der Waals surface area contributed by atoms with Gasteiger partial charge < -0.3 is 9.64 Å². The second-order valence-electron chi connectivity index (χ2n) is 6.96. The maximum absolute atomic E-state index is 12.4. The number of nitrogens with zero attached hydrogens (tertiary/aromatic N) is 1. The van der Waals surface area contributed by atoms with Crippen LogP contribution in [-0.4, -0.2) is 48.2 Å². The second-order valence-corrected chi connectivity index (χ2v) is 6.96. The first-order valence-electron chi connectivity index (χ1n) is 8.51. The fraction of sp³-hybridized carbons (Fsp3) is 0.941. The first kappa shape index (κ1) is 18.4. The summed E-state index contributed by atoms with van der Waals surface area (Å²) in [4.78, 5) is 14.9. The Morgan fingerprint density at radius 1 is 1.38 bits per heavy atom. The number of hydrogen-bond acceptors (Lipinski definition) is 4. The number of likely N-dealkylation sites (tertiary alicyclic amines) is 1. The Labute approximate surface area is 130 Å². The van der Waals surface area contributed by atoms with Crippen LogP contribution in [0.4, 0.5) is 0 Å². The van der Waals surface area contributed by atoms with E-state index < -0.39 is 5.54 Å². The smallest absolute Gasteiger partial charge is 0.326 e. The van der Waals surface area contributed by atoms with Gasteiger partial charge in [0.1, 0.15) is 5.54 Å². The molecule has 0 saturated carbocycles. The molecule has 1 heterocycles. The third kappa shape index (κ3) is 5.26. The number of hydrogen-bond donors (Lipinski definition) is 1. The number of carbonyl (C=O) groups excluding carboxylic acids is 1. The Hall–Kier alpha value is -0.610. The van der Waals surface area contributed by atoms with Gasteiger partial charge in [-0.15, -0.1) is 0 Å². The van der Waals surface area contributed by atoms with Gasteiger partial charge in [-0.05, 0) is 59.9 Å². The molecule has 1 rings (SSSR count). The van der Waals surface area contributed by atoms with E-state index in [0.29, 0.717) is 12.6 Å². The highest BCUT2D eigenvalue weighted by Gasteiger charge is 2.38. The molecule has 1 fully saturated rings. The summed E-state index contributed by atoms with van der Waals surface area (Å²) < 4.78 is 5.29. The van der Waals surface area contributed by atoms with Gasteiger partial charge in [0.15, 0.2) is 0 Å². The van der Waals surface area contributed by atoms with Gasteiger partial charge in [0.25, 0.3) is 0 Å². The summed E-state index contributed by atoms with van der Waals surface area (Å²) >= 11 is 0. The van der Waals surface area contributed by atoms with E-state index in [9.17, 15) is 4.79 Å². The van der Waals surface area contributed by atoms with Gasteiger partial charge in [0, 0.05) is 18.6 Å². The minimum Gasteiger partial charge on any atom is -0.465 e. The molecule has 3 unspecified atom stereocenters. The van der Waals surface area contributed by atoms with Crippen molar-refractivity contribution in [1.29, 1.82) is 0 Å². The number of esters is 1. The van der Waals surface area contributed by atoms with E-state index in [4.69, 9.17) is 4.74 Å². The number of ether oxygens (including phenoxy) is 1. The van der Waals surface area contributed by atoms with Crippen molar-refractivity contribution in [3.05, 3.63) is 0 Å². The molecule has 0 bridgehead atoms. The zero-order valence-electron chi connectivity index (χ0n) is 14.7. The van der Waals surface area contributed by atoms with Gasteiger partial charge in [-0.2, -0.15) is 0 Å². The monoisotopic (exact) mass is 298 g/mol. The van der Waals surface area contributed by atoms with Crippen molar-refractivity contribution in [1.82, 2.24) is 10.2 Å². The molecular formula is C17H34N2O2. The Morgan fingerprint density at radius 2 is 2.05 bits per heavy atom. The minimum absolute atomic E-state index is 0.128. The van der Waals surface area contributed by atoms with Gasteiger partial charge in [0.2, 0.25) is 0 Å². The fourth-order valence-corrected chi connectivity index (χ4v) is 3.44. The highest BCUT2D eigenvalue weighted by atomic mass is 16.5. The van der Waals surface area contributed by atoms with Gasteiger partial charge in [-0.1, -0.05) is 13.3 Å². The molecule has 1 N–H and O–H groups in total. The number of nitrogens with one attached hydrogen (secondary N) is 1. The highest BCUT2D eigenvalue weighted by Crippen LogP contribution is 2.26. The predicted molar refractivity (Wildman–Crippen MR) is 87.4 cm³/mol. The van der Waals surface area contributed by atoms with Crippen LogP contribution >= 0.6 is 0 Å². The molecule has 124 valence electrons. The molecule has 0 spiro atoms. The van der Waals surface area contributed by atoms with Crippen LogP contribution in [0.2, 0.25) is 0 Å². The lowest BCUT2D eigenvalue weighted by Crippen LogP contribution is -2.56. The zero-order valence-corrected chi connectivity index (χ0v) is 14.7. The van der Waals surface area contributed by atoms with Gasteiger partial charge in [0.05, 0.1) is 6.61 Å². The molecule has 21 heavy (non-hydrogen) atoms. The van der Waals surface area contributed by atoms with Crippen molar-refractivity contribution in [3.63, 3.8) is 0 Å². The maximum atomic E-state index is 12.4. The van der Waals surface area contributed by atoms with E-state index in [2.05, 4.69) is 37.9 Å². The van der Waals surface area contributed by atoms with Crippen LogP contribution < -0.4 is 5.32 Å². The molecule has 0 aromatic heterocycles. The third-order valence-electron chi connectivity index (χ3n) is 4.55. The lowest BCUT2D eigenvalue weighted by atomic mass is 9.92. The molecule has 4 nitrogen and oxygen atoms in total. The first-order valence-corrected chi connectivity index (χ1v) is 8.51. The SMILES string of the molecule is CCOC(=O)C(C)(CC(C)N1CCC(CC)C1)NC(C)C. The molecule has 1 aliphatic rings. The van der Waals surface area contributed by atoms with Crippen LogP contribution in [-0.2, 0) is 9.53 Å². The average Bonchev–Trinajstić information content (AvgIpc) is 2.86. The summed E-state index contributed by atoms with van der Waals surface area (Å²) in [6.45, 7) is 15.2. The standard InChI is InChI=1S/C17H34N2O2/c1-7-15-9-10-19(12-15)14(5)11-17(6,18-13(3)4)16(20)21-8-2/h13-15,18H,7-12H2,1-6H3. The van der Waals surface area contributed by atoms with E-state index in [1.165, 1.54) is 12.8 Å². The Balaban J connectivity index is 2.69. The van der Waals surface area contributed by atoms with E-state index in [0.717, 1.165) is 25.4 Å². The number of carbonyl (C=O) groups is 1. The van der Waals surface area contributed by atoms with Crippen LogP contribution in [0.3, 0.4) is 0 Å². The van der Waals surface area contributed by atoms with E-state index in [-0.39, 0.29) is 12.0 Å². The lowest BCUT2D eigenvalue weighted by molar-refractivity contribution is -0.151. The molecule has 0 amide bonds. The lowest BCUT2D eigenvalue weighted by Gasteiger charge is -2.36. The maximum Gasteiger partial charge on any atom is 0.326 e. The number of rotatable bonds is 8. The zero-order chi connectivity index (χ0) is 16.0. The quantitative estimate of drug-likeness (QED) is 0.700. The van der Waals surface area contributed by atoms with Gasteiger partial charge in [-0.25, -0.2) is 0 Å². The topological polar surface area (TPSA) is 41.6 Å². The molecule has 1 aliphatic heterocycles. The van der Waals surface area contributed by atoms with Crippen LogP contribution in [0.15, 0.2) is 0 Å². The van der Waals surface area contributed by atoms with Crippen molar-refractivity contribution in [3.8, 4) is 0 Å².